The molecule has 1 aliphatic heterocycles. The lowest BCUT2D eigenvalue weighted by molar-refractivity contribution is -0.160. The van der Waals surface area contributed by atoms with Gasteiger partial charge in [-0.2, -0.15) is 0 Å². The molecule has 3 fully saturated rings. The highest BCUT2D eigenvalue weighted by atomic mass is 19.1. The second-order valence-electron chi connectivity index (χ2n) is 9.52. The Labute approximate surface area is 191 Å². The number of halogens is 1. The fraction of sp³-hybridized carbons (Fsp3) is 0.520. The summed E-state index contributed by atoms with van der Waals surface area (Å²) in [7, 11) is 0. The summed E-state index contributed by atoms with van der Waals surface area (Å²) in [6, 6.07) is 4.19. The lowest BCUT2D eigenvalue weighted by Gasteiger charge is -2.37. The Bertz CT molecular complexity index is 986. The molecular weight excluding hydrogens is 427 g/mol. The highest BCUT2D eigenvalue weighted by Gasteiger charge is 2.67. The molecule has 8 heteroatoms. The molecule has 5 aliphatic rings. The number of allylic oxidation sites excluding steroid dienone is 2. The fourth-order valence-electron chi connectivity index (χ4n) is 6.00. The van der Waals surface area contributed by atoms with E-state index in [0.717, 1.165) is 17.7 Å². The largest absolute Gasteiger partial charge is 0.454 e. The number of nitrogens with one attached hydrogen (secondary N) is 1. The summed E-state index contributed by atoms with van der Waals surface area (Å²) < 4.78 is 18.3. The number of hydrogen-bond acceptors (Lipinski definition) is 5. The minimum atomic E-state index is -1.02. The summed E-state index contributed by atoms with van der Waals surface area (Å²) in [5.74, 6) is -1.95. The lowest BCUT2D eigenvalue weighted by atomic mass is 9.63. The summed E-state index contributed by atoms with van der Waals surface area (Å²) >= 11 is 0. The van der Waals surface area contributed by atoms with Gasteiger partial charge in [-0.15, -0.1) is 0 Å². The second kappa shape index (κ2) is 8.39. The fourth-order valence-corrected chi connectivity index (χ4v) is 6.00. The number of unbranched alkanes of at least 4 members (excludes halogenated alkanes) is 1. The van der Waals surface area contributed by atoms with Crippen LogP contribution in [0.2, 0.25) is 0 Å². The summed E-state index contributed by atoms with van der Waals surface area (Å²) in [6.45, 7) is 1.41. The van der Waals surface area contributed by atoms with Gasteiger partial charge in [-0.05, 0) is 60.8 Å². The van der Waals surface area contributed by atoms with E-state index in [1.807, 2.05) is 6.92 Å². The first-order valence-electron chi connectivity index (χ1n) is 11.7. The van der Waals surface area contributed by atoms with Gasteiger partial charge in [-0.3, -0.25) is 19.3 Å². The highest BCUT2D eigenvalue weighted by Crippen LogP contribution is 2.65. The molecule has 0 spiro atoms. The summed E-state index contributed by atoms with van der Waals surface area (Å²) in [4.78, 5) is 53.1. The molecule has 2 bridgehead atoms. The number of amides is 3. The van der Waals surface area contributed by atoms with Crippen LogP contribution in [0.5, 0.6) is 0 Å². The van der Waals surface area contributed by atoms with Crippen LogP contribution in [0, 0.1) is 41.3 Å². The van der Waals surface area contributed by atoms with E-state index < -0.39 is 30.3 Å². The summed E-state index contributed by atoms with van der Waals surface area (Å²) in [5.41, 5.74) is 0.371. The lowest BCUT2D eigenvalue weighted by Crippen LogP contribution is -2.47. The number of carbonyl (C=O) groups excluding carboxylic acids is 4. The van der Waals surface area contributed by atoms with E-state index >= 15 is 0 Å². The Kier molecular flexibility index (Phi) is 5.54. The van der Waals surface area contributed by atoms with Crippen molar-refractivity contribution in [3.63, 3.8) is 0 Å². The molecule has 1 heterocycles. The van der Waals surface area contributed by atoms with Crippen LogP contribution >= 0.6 is 0 Å². The molecule has 7 atom stereocenters. The van der Waals surface area contributed by atoms with Gasteiger partial charge in [0, 0.05) is 5.69 Å². The van der Waals surface area contributed by atoms with Crippen LogP contribution in [0.3, 0.4) is 0 Å². The van der Waals surface area contributed by atoms with Crippen LogP contribution in [0.1, 0.15) is 32.6 Å². The van der Waals surface area contributed by atoms with Crippen LogP contribution in [-0.4, -0.2) is 41.2 Å². The third kappa shape index (κ3) is 3.75. The van der Waals surface area contributed by atoms with Crippen molar-refractivity contribution in [3.8, 4) is 0 Å². The molecule has 1 N–H and O–H groups in total. The molecule has 4 aliphatic carbocycles. The van der Waals surface area contributed by atoms with Crippen molar-refractivity contribution in [2.45, 2.75) is 38.6 Å². The van der Waals surface area contributed by atoms with Gasteiger partial charge >= 0.3 is 5.97 Å². The second-order valence-corrected chi connectivity index (χ2v) is 9.52. The Morgan fingerprint density at radius 1 is 1.09 bits per heavy atom. The van der Waals surface area contributed by atoms with Crippen molar-refractivity contribution in [1.82, 2.24) is 4.90 Å². The molecule has 2 saturated carbocycles. The topological polar surface area (TPSA) is 92.8 Å². The summed E-state index contributed by atoms with van der Waals surface area (Å²) in [5, 5.41) is 2.53. The standard InChI is InChI=1S/C25H27FN2O5/c1-2-3-4-19(25(32)33-12-20(29)27-14-7-5-13(26)6-8-14)28-23(30)21-15-9-10-16(18-11-17(15)18)22(21)24(28)31/h5-10,15-19,21-22H,2-4,11-12H2,1H3,(H,27,29)/t15-,16-,17-,18+,19+,21-,22+/m0/s1. The molecule has 174 valence electrons. The van der Waals surface area contributed by atoms with Gasteiger partial charge in [0.2, 0.25) is 11.8 Å². The third-order valence-corrected chi connectivity index (χ3v) is 7.59. The first-order valence-corrected chi connectivity index (χ1v) is 11.7. The predicted octanol–water partition coefficient (Wildman–Crippen LogP) is 2.92. The van der Waals surface area contributed by atoms with Crippen molar-refractivity contribution < 1.29 is 28.3 Å². The van der Waals surface area contributed by atoms with Crippen LogP contribution in [0.4, 0.5) is 10.1 Å². The van der Waals surface area contributed by atoms with Crippen molar-refractivity contribution in [3.05, 3.63) is 42.2 Å². The maximum atomic E-state index is 13.4. The Morgan fingerprint density at radius 3 is 2.27 bits per heavy atom. The number of imide groups is 1. The van der Waals surface area contributed by atoms with Gasteiger partial charge < -0.3 is 10.1 Å². The number of nitrogens with zero attached hydrogens (tertiary/aromatic N) is 1. The van der Waals surface area contributed by atoms with E-state index in [1.165, 1.54) is 24.3 Å². The minimum absolute atomic E-state index is 0.0794. The monoisotopic (exact) mass is 454 g/mol. The molecule has 1 saturated heterocycles. The third-order valence-electron chi connectivity index (χ3n) is 7.59. The van der Waals surface area contributed by atoms with Gasteiger partial charge in [0.15, 0.2) is 6.61 Å². The van der Waals surface area contributed by atoms with Gasteiger partial charge in [0.05, 0.1) is 11.8 Å². The van der Waals surface area contributed by atoms with Crippen LogP contribution < -0.4 is 5.32 Å². The van der Waals surface area contributed by atoms with Crippen molar-refractivity contribution in [2.24, 2.45) is 35.5 Å². The van der Waals surface area contributed by atoms with E-state index in [0.29, 0.717) is 30.4 Å². The first-order chi connectivity index (χ1) is 15.9. The van der Waals surface area contributed by atoms with E-state index in [9.17, 15) is 23.6 Å². The van der Waals surface area contributed by atoms with E-state index in [4.69, 9.17) is 4.74 Å². The zero-order valence-electron chi connectivity index (χ0n) is 18.4. The number of ether oxygens (including phenoxy) is 1. The molecule has 3 amide bonds. The molecular formula is C25H27FN2O5. The SMILES string of the molecule is CCCC[C@H](C(=O)OCC(=O)Nc1ccc(F)cc1)N1C(=O)[C@@H]2[C@H]3C=C[C@@H]([C@@H]4C[C@H]34)[C@@H]2C1=O. The summed E-state index contributed by atoms with van der Waals surface area (Å²) in [6.07, 6.45) is 6.99. The quantitative estimate of drug-likeness (QED) is 0.370. The van der Waals surface area contributed by atoms with Crippen molar-refractivity contribution >= 4 is 29.4 Å². The number of anilines is 1. The van der Waals surface area contributed by atoms with Gasteiger partial charge in [-0.1, -0.05) is 31.9 Å². The minimum Gasteiger partial charge on any atom is -0.454 e. The van der Waals surface area contributed by atoms with Crippen LogP contribution in [-0.2, 0) is 23.9 Å². The first kappa shape index (κ1) is 21.8. The zero-order chi connectivity index (χ0) is 23.3. The average Bonchev–Trinajstić information content (AvgIpc) is 3.59. The van der Waals surface area contributed by atoms with Gasteiger partial charge in [0.1, 0.15) is 11.9 Å². The molecule has 7 nitrogen and oxygen atoms in total. The number of likely N-dealkylation sites (tertiary alicyclic amines) is 1. The molecule has 0 radical (unpaired) electrons. The molecule has 33 heavy (non-hydrogen) atoms. The number of esters is 1. The highest BCUT2D eigenvalue weighted by molar-refractivity contribution is 6.09. The van der Waals surface area contributed by atoms with Crippen LogP contribution in [0.15, 0.2) is 36.4 Å². The molecule has 1 aromatic carbocycles. The van der Waals surface area contributed by atoms with E-state index in [2.05, 4.69) is 17.5 Å². The van der Waals surface area contributed by atoms with E-state index in [1.54, 1.807) is 0 Å². The Morgan fingerprint density at radius 2 is 1.70 bits per heavy atom. The predicted molar refractivity (Wildman–Crippen MR) is 116 cm³/mol. The molecule has 0 aromatic heterocycles. The average molecular weight is 454 g/mol. The van der Waals surface area contributed by atoms with Crippen molar-refractivity contribution in [1.29, 1.82) is 0 Å². The maximum absolute atomic E-state index is 13.4. The molecule has 0 unspecified atom stereocenters. The van der Waals surface area contributed by atoms with E-state index in [-0.39, 0.29) is 35.5 Å². The normalized spacial score (nSPS) is 31.8. The van der Waals surface area contributed by atoms with Crippen LogP contribution in [0.25, 0.3) is 0 Å². The smallest absolute Gasteiger partial charge is 0.329 e. The zero-order valence-corrected chi connectivity index (χ0v) is 18.4. The Balaban J connectivity index is 1.27. The van der Waals surface area contributed by atoms with Crippen molar-refractivity contribution in [2.75, 3.05) is 11.9 Å². The van der Waals surface area contributed by atoms with Gasteiger partial charge in [0.25, 0.3) is 5.91 Å². The Hall–Kier alpha value is -3.03. The number of rotatable bonds is 8. The number of benzene rings is 1. The maximum Gasteiger partial charge on any atom is 0.329 e. The number of carbonyl (C=O) groups is 4. The van der Waals surface area contributed by atoms with Gasteiger partial charge in [-0.25, -0.2) is 9.18 Å². The molecule has 6 rings (SSSR count). The molecule has 1 aromatic rings. The number of hydrogen-bond donors (Lipinski definition) is 1.